The Morgan fingerprint density at radius 2 is 1.91 bits per heavy atom. The Morgan fingerprint density at radius 1 is 1.15 bits per heavy atom. The zero-order chi connectivity index (χ0) is 24.0. The van der Waals surface area contributed by atoms with Crippen molar-refractivity contribution in [1.82, 2.24) is 4.98 Å². The number of Topliss-reactive ketones (excluding diaryl/α,β-unsaturated/α-hetero) is 1. The number of benzene rings is 2. The molecule has 2 unspecified atom stereocenters. The Hall–Kier alpha value is -3.67. The van der Waals surface area contributed by atoms with Gasteiger partial charge in [-0.1, -0.05) is 32.0 Å². The van der Waals surface area contributed by atoms with E-state index in [2.05, 4.69) is 10.3 Å². The maximum Gasteiger partial charge on any atom is 0.317 e. The smallest absolute Gasteiger partial charge is 0.317 e. The monoisotopic (exact) mass is 456 g/mol. The fourth-order valence-corrected chi connectivity index (χ4v) is 5.44. The predicted octanol–water partition coefficient (Wildman–Crippen LogP) is 5.23. The molecule has 174 valence electrons. The van der Waals surface area contributed by atoms with Crippen molar-refractivity contribution < 1.29 is 19.1 Å². The normalized spacial score (nSPS) is 20.9. The largest absolute Gasteiger partial charge is 0.494 e. The maximum atomic E-state index is 14.0. The molecule has 1 N–H and O–H groups in total. The highest BCUT2D eigenvalue weighted by molar-refractivity contribution is 6.13. The number of hydrogen-bond donors (Lipinski definition) is 1. The number of aromatic nitrogens is 1. The van der Waals surface area contributed by atoms with Gasteiger partial charge in [0.25, 0.3) is 0 Å². The number of esters is 1. The summed E-state index contributed by atoms with van der Waals surface area (Å²) in [5.74, 6) is -1.10. The van der Waals surface area contributed by atoms with Crippen molar-refractivity contribution in [3.63, 3.8) is 0 Å². The summed E-state index contributed by atoms with van der Waals surface area (Å²) in [6, 6.07) is 15.8. The van der Waals surface area contributed by atoms with Gasteiger partial charge in [-0.3, -0.25) is 14.6 Å². The third kappa shape index (κ3) is 3.45. The number of anilines is 1. The molecule has 3 aromatic rings. The molecule has 2 atom stereocenters. The highest BCUT2D eigenvalue weighted by Crippen LogP contribution is 2.52. The molecule has 5 rings (SSSR count). The van der Waals surface area contributed by atoms with E-state index in [1.54, 1.807) is 6.20 Å². The first kappa shape index (κ1) is 22.1. The number of hydrogen-bond acceptors (Lipinski definition) is 6. The molecule has 0 saturated heterocycles. The summed E-state index contributed by atoms with van der Waals surface area (Å²) in [4.78, 5) is 31.3. The van der Waals surface area contributed by atoms with Crippen LogP contribution in [0.2, 0.25) is 0 Å². The molecule has 0 amide bonds. The first-order chi connectivity index (χ1) is 16.4. The lowest BCUT2D eigenvalue weighted by Gasteiger charge is -2.43. The van der Waals surface area contributed by atoms with Crippen LogP contribution in [0.25, 0.3) is 10.9 Å². The summed E-state index contributed by atoms with van der Waals surface area (Å²) >= 11 is 0. The van der Waals surface area contributed by atoms with Crippen molar-refractivity contribution in [2.45, 2.75) is 33.1 Å². The van der Waals surface area contributed by atoms with E-state index in [-0.39, 0.29) is 11.7 Å². The molecule has 1 aliphatic heterocycles. The van der Waals surface area contributed by atoms with E-state index in [0.717, 1.165) is 39.2 Å². The number of nitrogens with one attached hydrogen (secondary N) is 1. The second-order valence-corrected chi connectivity index (χ2v) is 9.53. The number of ether oxygens (including phenoxy) is 2. The van der Waals surface area contributed by atoms with E-state index in [0.29, 0.717) is 18.6 Å². The van der Waals surface area contributed by atoms with Gasteiger partial charge in [-0.15, -0.1) is 0 Å². The number of fused-ring (bicyclic) bond motifs is 3. The molecule has 2 heterocycles. The van der Waals surface area contributed by atoms with E-state index in [1.807, 2.05) is 69.3 Å². The standard InChI is InChI=1S/C28H28N2O4/c1-5-34-17-10-8-16(9-11-17)22-23-18-7-6-14-29-19(18)12-13-20(23)30-21-15-28(2,3)25(27(32)33-4)26(31)24(21)22/h6-14,22,25,30H,5,15H2,1-4H3. The molecular formula is C28H28N2O4. The number of pyridine rings is 1. The van der Waals surface area contributed by atoms with Crippen molar-refractivity contribution in [1.29, 1.82) is 0 Å². The van der Waals surface area contributed by atoms with E-state index in [9.17, 15) is 9.59 Å². The molecular weight excluding hydrogens is 428 g/mol. The van der Waals surface area contributed by atoms with Crippen LogP contribution in [0.4, 0.5) is 5.69 Å². The minimum Gasteiger partial charge on any atom is -0.494 e. The van der Waals surface area contributed by atoms with Crippen LogP contribution in [0, 0.1) is 11.3 Å². The summed E-state index contributed by atoms with van der Waals surface area (Å²) in [6.45, 7) is 6.42. The Bertz CT molecular complexity index is 1320. The SMILES string of the molecule is CCOc1ccc(C2C3=C(CC(C)(C)C(C(=O)OC)C3=O)Nc3ccc4ncccc4c32)cc1. The van der Waals surface area contributed by atoms with E-state index in [1.165, 1.54) is 7.11 Å². The van der Waals surface area contributed by atoms with Crippen LogP contribution in [-0.4, -0.2) is 30.5 Å². The van der Waals surface area contributed by atoms with Crippen molar-refractivity contribution in [2.24, 2.45) is 11.3 Å². The molecule has 1 aromatic heterocycles. The summed E-state index contributed by atoms with van der Waals surface area (Å²) in [5.41, 5.74) is 4.69. The Balaban J connectivity index is 1.76. The zero-order valence-electron chi connectivity index (χ0n) is 19.8. The highest BCUT2D eigenvalue weighted by atomic mass is 16.5. The Morgan fingerprint density at radius 3 is 2.62 bits per heavy atom. The molecule has 6 nitrogen and oxygen atoms in total. The number of nitrogens with zero attached hydrogens (tertiary/aromatic N) is 1. The van der Waals surface area contributed by atoms with Gasteiger partial charge in [0.1, 0.15) is 11.7 Å². The zero-order valence-corrected chi connectivity index (χ0v) is 19.8. The van der Waals surface area contributed by atoms with Crippen molar-refractivity contribution in [2.75, 3.05) is 19.0 Å². The van der Waals surface area contributed by atoms with Crippen LogP contribution in [0.15, 0.2) is 66.0 Å². The van der Waals surface area contributed by atoms with Gasteiger partial charge in [-0.25, -0.2) is 0 Å². The molecule has 0 fully saturated rings. The van der Waals surface area contributed by atoms with Gasteiger partial charge in [0.05, 0.1) is 19.2 Å². The summed E-state index contributed by atoms with van der Waals surface area (Å²) < 4.78 is 10.7. The first-order valence-electron chi connectivity index (χ1n) is 11.6. The summed E-state index contributed by atoms with van der Waals surface area (Å²) in [6.07, 6.45) is 2.33. The van der Waals surface area contributed by atoms with Gasteiger partial charge < -0.3 is 14.8 Å². The van der Waals surface area contributed by atoms with Crippen molar-refractivity contribution in [3.8, 4) is 5.75 Å². The molecule has 2 aromatic carbocycles. The van der Waals surface area contributed by atoms with Gasteiger partial charge in [-0.2, -0.15) is 0 Å². The van der Waals surface area contributed by atoms with Crippen molar-refractivity contribution >= 4 is 28.3 Å². The van der Waals surface area contributed by atoms with Crippen LogP contribution in [0.1, 0.15) is 44.2 Å². The van der Waals surface area contributed by atoms with Crippen LogP contribution < -0.4 is 10.1 Å². The molecule has 0 saturated carbocycles. The van der Waals surface area contributed by atoms with Crippen LogP contribution in [0.5, 0.6) is 5.75 Å². The molecule has 0 spiro atoms. The molecule has 2 aliphatic rings. The summed E-state index contributed by atoms with van der Waals surface area (Å²) in [5, 5.41) is 4.52. The van der Waals surface area contributed by atoms with E-state index >= 15 is 0 Å². The molecule has 1 aliphatic carbocycles. The van der Waals surface area contributed by atoms with E-state index in [4.69, 9.17) is 9.47 Å². The minimum absolute atomic E-state index is 0.184. The maximum absolute atomic E-state index is 14.0. The van der Waals surface area contributed by atoms with Crippen LogP contribution in [-0.2, 0) is 14.3 Å². The number of carbonyl (C=O) groups excluding carboxylic acids is 2. The molecule has 6 heteroatoms. The average Bonchev–Trinajstić information content (AvgIpc) is 2.82. The van der Waals surface area contributed by atoms with Gasteiger partial charge >= 0.3 is 5.97 Å². The fourth-order valence-electron chi connectivity index (χ4n) is 5.44. The Kier molecular flexibility index (Phi) is 5.39. The topological polar surface area (TPSA) is 77.5 Å². The molecule has 0 radical (unpaired) electrons. The van der Waals surface area contributed by atoms with Crippen molar-refractivity contribution in [3.05, 3.63) is 77.1 Å². The highest BCUT2D eigenvalue weighted by Gasteiger charge is 2.51. The lowest BCUT2D eigenvalue weighted by Crippen LogP contribution is -2.45. The number of carbonyl (C=O) groups is 2. The van der Waals surface area contributed by atoms with E-state index < -0.39 is 17.3 Å². The van der Waals surface area contributed by atoms with Crippen LogP contribution in [0.3, 0.4) is 0 Å². The lowest BCUT2D eigenvalue weighted by molar-refractivity contribution is -0.154. The number of methoxy groups -OCH3 is 1. The van der Waals surface area contributed by atoms with Gasteiger partial charge in [0.2, 0.25) is 0 Å². The van der Waals surface area contributed by atoms with Gasteiger partial charge in [0, 0.05) is 34.5 Å². The minimum atomic E-state index is -0.863. The third-order valence-electron chi connectivity index (χ3n) is 6.92. The average molecular weight is 457 g/mol. The molecule has 34 heavy (non-hydrogen) atoms. The number of rotatable bonds is 4. The predicted molar refractivity (Wildman–Crippen MR) is 131 cm³/mol. The number of ketones is 1. The first-order valence-corrected chi connectivity index (χ1v) is 11.6. The molecule has 0 bridgehead atoms. The van der Waals surface area contributed by atoms with Gasteiger partial charge in [-0.05, 0) is 60.2 Å². The lowest BCUT2D eigenvalue weighted by atomic mass is 9.63. The fraction of sp³-hybridized carbons (Fsp3) is 0.321. The second kappa shape index (κ2) is 8.28. The quantitative estimate of drug-likeness (QED) is 0.428. The second-order valence-electron chi connectivity index (χ2n) is 9.53. The van der Waals surface area contributed by atoms with Crippen LogP contribution >= 0.6 is 0 Å². The van der Waals surface area contributed by atoms with Gasteiger partial charge in [0.15, 0.2) is 5.78 Å². The summed E-state index contributed by atoms with van der Waals surface area (Å²) in [7, 11) is 1.34. The number of allylic oxidation sites excluding steroid dienone is 2. The Labute approximate surface area is 199 Å². The third-order valence-corrected chi connectivity index (χ3v) is 6.92.